The van der Waals surface area contributed by atoms with Crippen molar-refractivity contribution in [3.05, 3.63) is 70.8 Å². The lowest BCUT2D eigenvalue weighted by Gasteiger charge is -2.33. The number of carbonyl (C=O) groups is 3. The number of nitrogens with zero attached hydrogens (tertiary/aromatic N) is 1. The molecule has 2 N–H and O–H groups in total. The van der Waals surface area contributed by atoms with Crippen molar-refractivity contribution in [2.75, 3.05) is 13.1 Å². The summed E-state index contributed by atoms with van der Waals surface area (Å²) in [5.74, 6) is -1.96. The molecule has 0 aromatic heterocycles. The molecule has 0 bridgehead atoms. The molecule has 1 aliphatic heterocycles. The molecule has 3 rings (SSSR count). The third-order valence-corrected chi connectivity index (χ3v) is 5.59. The number of hydrogen-bond donors (Lipinski definition) is 2. The van der Waals surface area contributed by atoms with E-state index in [1.807, 2.05) is 38.1 Å². The average molecular weight is 394 g/mol. The molecule has 1 saturated heterocycles. The number of carboxylic acid groups (broad SMARTS) is 1. The maximum atomic E-state index is 12.9. The Balaban J connectivity index is 1.72. The Morgan fingerprint density at radius 2 is 1.79 bits per heavy atom. The molecule has 2 unspecified atom stereocenters. The van der Waals surface area contributed by atoms with E-state index in [0.717, 1.165) is 11.1 Å². The summed E-state index contributed by atoms with van der Waals surface area (Å²) >= 11 is 0. The van der Waals surface area contributed by atoms with Crippen molar-refractivity contribution in [2.24, 2.45) is 5.92 Å². The van der Waals surface area contributed by atoms with Gasteiger partial charge in [-0.05, 0) is 55.5 Å². The third-order valence-electron chi connectivity index (χ3n) is 5.59. The van der Waals surface area contributed by atoms with Gasteiger partial charge in [0.2, 0.25) is 5.91 Å². The lowest BCUT2D eigenvalue weighted by Crippen LogP contribution is -2.47. The van der Waals surface area contributed by atoms with E-state index in [1.165, 1.54) is 0 Å². The Kier molecular flexibility index (Phi) is 6.32. The number of piperidine rings is 1. The van der Waals surface area contributed by atoms with E-state index >= 15 is 0 Å². The molecule has 1 aliphatic rings. The number of carboxylic acids is 1. The Labute approximate surface area is 170 Å². The fourth-order valence-corrected chi connectivity index (χ4v) is 3.76. The molecular formula is C23H26N2O4. The van der Waals surface area contributed by atoms with Gasteiger partial charge in [-0.3, -0.25) is 9.59 Å². The van der Waals surface area contributed by atoms with E-state index in [4.69, 9.17) is 0 Å². The highest BCUT2D eigenvalue weighted by Crippen LogP contribution is 2.24. The fraction of sp³-hybridized carbons (Fsp3) is 0.348. The van der Waals surface area contributed by atoms with Gasteiger partial charge in [-0.1, -0.05) is 36.4 Å². The zero-order valence-corrected chi connectivity index (χ0v) is 16.7. The second kappa shape index (κ2) is 8.90. The van der Waals surface area contributed by atoms with Crippen molar-refractivity contribution in [3.63, 3.8) is 0 Å². The van der Waals surface area contributed by atoms with Crippen LogP contribution in [0.15, 0.2) is 48.5 Å². The number of amides is 2. The first-order valence-corrected chi connectivity index (χ1v) is 9.82. The zero-order valence-electron chi connectivity index (χ0n) is 16.7. The van der Waals surface area contributed by atoms with Gasteiger partial charge in [-0.25, -0.2) is 4.79 Å². The SMILES string of the molecule is Cc1cccc(C(NC(=O)C2CCCN(C(=O)c3ccccc3)C2)C(=O)O)c1C. The van der Waals surface area contributed by atoms with Crippen LogP contribution in [0.4, 0.5) is 0 Å². The Morgan fingerprint density at radius 1 is 1.07 bits per heavy atom. The number of carbonyl (C=O) groups excluding carboxylic acids is 2. The lowest BCUT2D eigenvalue weighted by atomic mass is 9.94. The van der Waals surface area contributed by atoms with E-state index in [9.17, 15) is 19.5 Å². The highest BCUT2D eigenvalue weighted by atomic mass is 16.4. The fourth-order valence-electron chi connectivity index (χ4n) is 3.76. The van der Waals surface area contributed by atoms with Crippen molar-refractivity contribution < 1.29 is 19.5 Å². The minimum atomic E-state index is -1.11. The predicted octanol–water partition coefficient (Wildman–Crippen LogP) is 3.10. The number of nitrogens with one attached hydrogen (secondary N) is 1. The molecule has 6 nitrogen and oxygen atoms in total. The van der Waals surface area contributed by atoms with Crippen LogP contribution in [0.1, 0.15) is 45.9 Å². The van der Waals surface area contributed by atoms with E-state index in [2.05, 4.69) is 5.32 Å². The van der Waals surface area contributed by atoms with Crippen LogP contribution < -0.4 is 5.32 Å². The summed E-state index contributed by atoms with van der Waals surface area (Å²) in [6, 6.07) is 13.3. The van der Waals surface area contributed by atoms with E-state index in [1.54, 1.807) is 29.2 Å². The van der Waals surface area contributed by atoms with Crippen LogP contribution in [0, 0.1) is 19.8 Å². The average Bonchev–Trinajstić information content (AvgIpc) is 2.74. The summed E-state index contributed by atoms with van der Waals surface area (Å²) in [5.41, 5.74) is 3.00. The minimum Gasteiger partial charge on any atom is -0.479 e. The number of benzene rings is 2. The van der Waals surface area contributed by atoms with Gasteiger partial charge in [-0.2, -0.15) is 0 Å². The van der Waals surface area contributed by atoms with Crippen LogP contribution in [0.25, 0.3) is 0 Å². The normalized spacial score (nSPS) is 17.4. The Hall–Kier alpha value is -3.15. The minimum absolute atomic E-state index is 0.104. The summed E-state index contributed by atoms with van der Waals surface area (Å²) in [6.45, 7) is 4.65. The molecular weight excluding hydrogens is 368 g/mol. The molecule has 0 aliphatic carbocycles. The summed E-state index contributed by atoms with van der Waals surface area (Å²) in [6.07, 6.45) is 1.33. The van der Waals surface area contributed by atoms with Gasteiger partial charge in [0.05, 0.1) is 5.92 Å². The third kappa shape index (κ3) is 4.65. The first-order valence-electron chi connectivity index (χ1n) is 9.82. The molecule has 0 saturated carbocycles. The van der Waals surface area contributed by atoms with Crippen molar-refractivity contribution in [1.29, 1.82) is 0 Å². The molecule has 0 spiro atoms. The molecule has 0 radical (unpaired) electrons. The second-order valence-corrected chi connectivity index (χ2v) is 7.53. The molecule has 1 heterocycles. The van der Waals surface area contributed by atoms with Crippen LogP contribution in [-0.2, 0) is 9.59 Å². The van der Waals surface area contributed by atoms with E-state index in [-0.39, 0.29) is 11.8 Å². The smallest absolute Gasteiger partial charge is 0.330 e. The molecule has 2 amide bonds. The van der Waals surface area contributed by atoms with Gasteiger partial charge >= 0.3 is 5.97 Å². The summed E-state index contributed by atoms with van der Waals surface area (Å²) < 4.78 is 0. The molecule has 2 aromatic carbocycles. The number of aliphatic carboxylic acids is 1. The van der Waals surface area contributed by atoms with Gasteiger partial charge < -0.3 is 15.3 Å². The quantitative estimate of drug-likeness (QED) is 0.816. The topological polar surface area (TPSA) is 86.7 Å². The Morgan fingerprint density at radius 3 is 2.48 bits per heavy atom. The van der Waals surface area contributed by atoms with Crippen LogP contribution >= 0.6 is 0 Å². The standard InChI is InChI=1S/C23H26N2O4/c1-15-8-6-12-19(16(15)2)20(23(28)29)24-21(26)18-11-7-13-25(14-18)22(27)17-9-4-3-5-10-17/h3-6,8-10,12,18,20H,7,11,13-14H2,1-2H3,(H,24,26)(H,28,29). The number of likely N-dealkylation sites (tertiary alicyclic amines) is 1. The van der Waals surface area contributed by atoms with E-state index < -0.39 is 17.9 Å². The summed E-state index contributed by atoms with van der Waals surface area (Å²) in [7, 11) is 0. The maximum absolute atomic E-state index is 12.9. The van der Waals surface area contributed by atoms with Crippen molar-refractivity contribution in [3.8, 4) is 0 Å². The highest BCUT2D eigenvalue weighted by molar-refractivity contribution is 5.95. The van der Waals surface area contributed by atoms with E-state index in [0.29, 0.717) is 37.1 Å². The van der Waals surface area contributed by atoms with Gasteiger partial charge in [0.1, 0.15) is 0 Å². The molecule has 152 valence electrons. The monoisotopic (exact) mass is 394 g/mol. The number of rotatable bonds is 5. The van der Waals surface area contributed by atoms with Crippen molar-refractivity contribution in [2.45, 2.75) is 32.7 Å². The predicted molar refractivity (Wildman–Crippen MR) is 110 cm³/mol. The van der Waals surface area contributed by atoms with Crippen LogP contribution in [0.2, 0.25) is 0 Å². The Bertz CT molecular complexity index is 910. The summed E-state index contributed by atoms with van der Waals surface area (Å²) in [5, 5.41) is 12.4. The number of aryl methyl sites for hydroxylation is 1. The van der Waals surface area contributed by atoms with Gasteiger partial charge in [0.15, 0.2) is 6.04 Å². The van der Waals surface area contributed by atoms with Crippen molar-refractivity contribution in [1.82, 2.24) is 10.2 Å². The summed E-state index contributed by atoms with van der Waals surface area (Å²) in [4.78, 5) is 39.1. The highest BCUT2D eigenvalue weighted by Gasteiger charge is 2.32. The second-order valence-electron chi connectivity index (χ2n) is 7.53. The van der Waals surface area contributed by atoms with Gasteiger partial charge in [0, 0.05) is 18.7 Å². The maximum Gasteiger partial charge on any atom is 0.330 e. The van der Waals surface area contributed by atoms with Crippen LogP contribution in [0.5, 0.6) is 0 Å². The van der Waals surface area contributed by atoms with Crippen molar-refractivity contribution >= 4 is 17.8 Å². The number of hydrogen-bond acceptors (Lipinski definition) is 3. The molecule has 1 fully saturated rings. The van der Waals surface area contributed by atoms with Gasteiger partial charge in [0.25, 0.3) is 5.91 Å². The van der Waals surface area contributed by atoms with Crippen LogP contribution in [0.3, 0.4) is 0 Å². The molecule has 29 heavy (non-hydrogen) atoms. The molecule has 6 heteroatoms. The zero-order chi connectivity index (χ0) is 21.0. The first kappa shape index (κ1) is 20.6. The van der Waals surface area contributed by atoms with Crippen LogP contribution in [-0.4, -0.2) is 40.9 Å². The lowest BCUT2D eigenvalue weighted by molar-refractivity contribution is -0.143. The first-order chi connectivity index (χ1) is 13.9. The molecule has 2 aromatic rings. The largest absolute Gasteiger partial charge is 0.479 e. The molecule has 2 atom stereocenters. The van der Waals surface area contributed by atoms with Gasteiger partial charge in [-0.15, -0.1) is 0 Å².